The first-order valence-electron chi connectivity index (χ1n) is 7.52. The molecule has 0 bridgehead atoms. The summed E-state index contributed by atoms with van der Waals surface area (Å²) in [6.07, 6.45) is 2.45. The van der Waals surface area contributed by atoms with Crippen LogP contribution >= 0.6 is 0 Å². The quantitative estimate of drug-likeness (QED) is 0.912. The van der Waals surface area contributed by atoms with Crippen LogP contribution in [-0.4, -0.2) is 39.2 Å². The van der Waals surface area contributed by atoms with Crippen molar-refractivity contribution in [3.8, 4) is 5.69 Å². The van der Waals surface area contributed by atoms with Gasteiger partial charge in [-0.2, -0.15) is 4.68 Å². The van der Waals surface area contributed by atoms with Crippen LogP contribution in [0, 0.1) is 12.8 Å². The van der Waals surface area contributed by atoms with Crippen molar-refractivity contribution in [2.45, 2.75) is 26.2 Å². The Balaban J connectivity index is 1.82. The number of carbonyl (C=O) groups excluding carboxylic acids is 1. The van der Waals surface area contributed by atoms with Crippen LogP contribution in [0.25, 0.3) is 5.69 Å². The molecule has 1 aliphatic rings. The maximum atomic E-state index is 11.1. The highest BCUT2D eigenvalue weighted by atomic mass is 16.1. The van der Waals surface area contributed by atoms with Gasteiger partial charge in [-0.05, 0) is 48.2 Å². The van der Waals surface area contributed by atoms with Crippen LogP contribution in [0.4, 0.5) is 5.95 Å². The number of carbonyl (C=O) groups is 1. The van der Waals surface area contributed by atoms with Crippen molar-refractivity contribution in [2.75, 3.05) is 18.0 Å². The van der Waals surface area contributed by atoms with Gasteiger partial charge < -0.3 is 10.6 Å². The van der Waals surface area contributed by atoms with Gasteiger partial charge in [0, 0.05) is 19.5 Å². The van der Waals surface area contributed by atoms with Crippen molar-refractivity contribution in [1.82, 2.24) is 20.2 Å². The molecule has 2 heterocycles. The summed E-state index contributed by atoms with van der Waals surface area (Å²) in [5, 5.41) is 12.1. The summed E-state index contributed by atoms with van der Waals surface area (Å²) < 4.78 is 1.74. The molecular formula is C15H20N6O. The van der Waals surface area contributed by atoms with Crippen LogP contribution in [0.15, 0.2) is 24.3 Å². The number of nitrogens with zero attached hydrogens (tertiary/aromatic N) is 5. The number of hydrogen-bond acceptors (Lipinski definition) is 5. The highest BCUT2D eigenvalue weighted by Gasteiger charge is 2.25. The first kappa shape index (κ1) is 14.5. The van der Waals surface area contributed by atoms with E-state index in [4.69, 9.17) is 5.73 Å². The summed E-state index contributed by atoms with van der Waals surface area (Å²) in [5.74, 6) is 0.748. The summed E-state index contributed by atoms with van der Waals surface area (Å²) in [6, 6.07) is 8.07. The molecule has 2 N–H and O–H groups in total. The topological polar surface area (TPSA) is 89.9 Å². The smallest absolute Gasteiger partial charge is 0.250 e. The highest BCUT2D eigenvalue weighted by Crippen LogP contribution is 2.24. The number of hydrogen-bond donors (Lipinski definition) is 1. The van der Waals surface area contributed by atoms with Gasteiger partial charge in [-0.25, -0.2) is 0 Å². The van der Waals surface area contributed by atoms with E-state index in [0.29, 0.717) is 6.42 Å². The van der Waals surface area contributed by atoms with Crippen molar-refractivity contribution in [1.29, 1.82) is 0 Å². The number of nitrogens with two attached hydrogens (primary N) is 1. The van der Waals surface area contributed by atoms with Gasteiger partial charge in [-0.1, -0.05) is 22.8 Å². The van der Waals surface area contributed by atoms with Crippen LogP contribution in [0.3, 0.4) is 0 Å². The third-order valence-corrected chi connectivity index (χ3v) is 4.02. The first-order chi connectivity index (χ1) is 10.6. The van der Waals surface area contributed by atoms with E-state index in [1.165, 1.54) is 5.56 Å². The number of piperidine rings is 1. The number of rotatable bonds is 4. The zero-order chi connectivity index (χ0) is 15.5. The lowest BCUT2D eigenvalue weighted by molar-refractivity contribution is -0.118. The average molecular weight is 300 g/mol. The molecule has 116 valence electrons. The molecule has 3 rings (SSSR count). The zero-order valence-corrected chi connectivity index (χ0v) is 12.6. The summed E-state index contributed by atoms with van der Waals surface area (Å²) >= 11 is 0. The van der Waals surface area contributed by atoms with Crippen LogP contribution in [0.2, 0.25) is 0 Å². The van der Waals surface area contributed by atoms with E-state index in [1.54, 1.807) is 4.68 Å². The van der Waals surface area contributed by atoms with E-state index >= 15 is 0 Å². The van der Waals surface area contributed by atoms with Gasteiger partial charge in [0.1, 0.15) is 0 Å². The molecule has 1 aliphatic heterocycles. The van der Waals surface area contributed by atoms with Crippen molar-refractivity contribution < 1.29 is 4.79 Å². The van der Waals surface area contributed by atoms with Crippen LogP contribution < -0.4 is 10.6 Å². The molecule has 1 atom stereocenters. The second kappa shape index (κ2) is 6.13. The number of aryl methyl sites for hydroxylation is 1. The number of primary amides is 1. The van der Waals surface area contributed by atoms with E-state index in [9.17, 15) is 4.79 Å². The molecule has 1 saturated heterocycles. The molecule has 0 saturated carbocycles. The van der Waals surface area contributed by atoms with Crippen molar-refractivity contribution in [3.63, 3.8) is 0 Å². The zero-order valence-electron chi connectivity index (χ0n) is 12.6. The maximum absolute atomic E-state index is 11.1. The second-order valence-electron chi connectivity index (χ2n) is 5.85. The first-order valence-corrected chi connectivity index (χ1v) is 7.52. The molecular weight excluding hydrogens is 280 g/mol. The molecule has 0 aliphatic carbocycles. The predicted molar refractivity (Wildman–Crippen MR) is 82.6 cm³/mol. The molecule has 0 spiro atoms. The molecule has 1 fully saturated rings. The van der Waals surface area contributed by atoms with E-state index in [0.717, 1.165) is 37.6 Å². The van der Waals surface area contributed by atoms with E-state index in [1.807, 2.05) is 31.2 Å². The van der Waals surface area contributed by atoms with Gasteiger partial charge in [-0.3, -0.25) is 4.79 Å². The SMILES string of the molecule is Cc1ccc(-n2nnnc2N2CCCC(CC(N)=O)C2)cc1. The molecule has 7 nitrogen and oxygen atoms in total. The lowest BCUT2D eigenvalue weighted by Gasteiger charge is -2.32. The van der Waals surface area contributed by atoms with Gasteiger partial charge >= 0.3 is 0 Å². The summed E-state index contributed by atoms with van der Waals surface area (Å²) in [6.45, 7) is 3.69. The number of tetrazole rings is 1. The Morgan fingerprint density at radius 2 is 2.14 bits per heavy atom. The monoisotopic (exact) mass is 300 g/mol. The van der Waals surface area contributed by atoms with Crippen LogP contribution in [0.5, 0.6) is 0 Å². The Morgan fingerprint density at radius 3 is 2.86 bits per heavy atom. The normalized spacial score (nSPS) is 18.4. The number of aromatic nitrogens is 4. The molecule has 1 amide bonds. The van der Waals surface area contributed by atoms with Crippen molar-refractivity contribution in [3.05, 3.63) is 29.8 Å². The largest absolute Gasteiger partial charge is 0.370 e. The van der Waals surface area contributed by atoms with E-state index in [-0.39, 0.29) is 11.8 Å². The van der Waals surface area contributed by atoms with Gasteiger partial charge in [0.25, 0.3) is 0 Å². The van der Waals surface area contributed by atoms with Gasteiger partial charge in [0.2, 0.25) is 11.9 Å². The molecule has 1 unspecified atom stereocenters. The fraction of sp³-hybridized carbons (Fsp3) is 0.467. The molecule has 0 radical (unpaired) electrons. The lowest BCUT2D eigenvalue weighted by Crippen LogP contribution is -2.38. The van der Waals surface area contributed by atoms with E-state index < -0.39 is 0 Å². The summed E-state index contributed by atoms with van der Waals surface area (Å²) in [5.41, 5.74) is 7.45. The third-order valence-electron chi connectivity index (χ3n) is 4.02. The minimum atomic E-state index is -0.245. The Morgan fingerprint density at radius 1 is 1.36 bits per heavy atom. The minimum Gasteiger partial charge on any atom is -0.370 e. The van der Waals surface area contributed by atoms with Gasteiger partial charge in [0.15, 0.2) is 0 Å². The summed E-state index contributed by atoms with van der Waals surface area (Å²) in [4.78, 5) is 13.3. The number of benzene rings is 1. The number of amides is 1. The lowest BCUT2D eigenvalue weighted by atomic mass is 9.95. The van der Waals surface area contributed by atoms with Crippen molar-refractivity contribution in [2.24, 2.45) is 11.7 Å². The Bertz CT molecular complexity index is 650. The Hall–Kier alpha value is -2.44. The van der Waals surface area contributed by atoms with Crippen LogP contribution in [0.1, 0.15) is 24.8 Å². The van der Waals surface area contributed by atoms with Crippen LogP contribution in [-0.2, 0) is 4.79 Å². The van der Waals surface area contributed by atoms with Crippen molar-refractivity contribution >= 4 is 11.9 Å². The minimum absolute atomic E-state index is 0.245. The third kappa shape index (κ3) is 3.08. The molecule has 7 heteroatoms. The number of anilines is 1. The summed E-state index contributed by atoms with van der Waals surface area (Å²) in [7, 11) is 0. The Kier molecular flexibility index (Phi) is 4.04. The highest BCUT2D eigenvalue weighted by molar-refractivity contribution is 5.74. The fourth-order valence-electron chi connectivity index (χ4n) is 2.93. The molecule has 22 heavy (non-hydrogen) atoms. The second-order valence-corrected chi connectivity index (χ2v) is 5.85. The molecule has 1 aromatic heterocycles. The van der Waals surface area contributed by atoms with Gasteiger partial charge in [0.05, 0.1) is 5.69 Å². The van der Waals surface area contributed by atoms with E-state index in [2.05, 4.69) is 20.4 Å². The van der Waals surface area contributed by atoms with Gasteiger partial charge in [-0.15, -0.1) is 0 Å². The Labute approximate surface area is 129 Å². The maximum Gasteiger partial charge on any atom is 0.250 e. The standard InChI is InChI=1S/C15H20N6O/c1-11-4-6-13(7-5-11)21-15(17-18-19-21)20-8-2-3-12(10-20)9-14(16)22/h4-7,12H,2-3,8-10H2,1H3,(H2,16,22). The fourth-order valence-corrected chi connectivity index (χ4v) is 2.93. The molecule has 2 aromatic rings. The molecule has 1 aromatic carbocycles. The average Bonchev–Trinajstić information content (AvgIpc) is 2.97. The predicted octanol–water partition coefficient (Wildman–Crippen LogP) is 1.06.